The Kier molecular flexibility index (Phi) is 5.39. The average Bonchev–Trinajstić information content (AvgIpc) is 2.64. The Bertz CT molecular complexity index is 906. The van der Waals surface area contributed by atoms with Crippen molar-refractivity contribution in [3.05, 3.63) is 100 Å². The SMILES string of the molecule is N#Cc1ccc(F)c(CNC(c2cccc(Cl)c2)c2ccccn2)c1. The lowest BCUT2D eigenvalue weighted by Crippen LogP contribution is -2.23. The molecule has 3 nitrogen and oxygen atoms in total. The van der Waals surface area contributed by atoms with Gasteiger partial charge in [0.1, 0.15) is 5.82 Å². The number of nitrogens with one attached hydrogen (secondary N) is 1. The Balaban J connectivity index is 1.90. The first kappa shape index (κ1) is 17.1. The third-order valence-electron chi connectivity index (χ3n) is 3.84. The van der Waals surface area contributed by atoms with E-state index in [9.17, 15) is 4.39 Å². The highest BCUT2D eigenvalue weighted by molar-refractivity contribution is 6.30. The summed E-state index contributed by atoms with van der Waals surface area (Å²) < 4.78 is 14.0. The predicted octanol–water partition coefficient (Wildman–Crippen LogP) is 4.62. The molecule has 1 atom stereocenters. The zero-order valence-corrected chi connectivity index (χ0v) is 14.0. The van der Waals surface area contributed by atoms with Gasteiger partial charge in [0.05, 0.1) is 23.4 Å². The van der Waals surface area contributed by atoms with E-state index < -0.39 is 0 Å². The van der Waals surface area contributed by atoms with Crippen LogP contribution >= 0.6 is 11.6 Å². The molecule has 1 unspecified atom stereocenters. The van der Waals surface area contributed by atoms with Crippen LogP contribution in [0.5, 0.6) is 0 Å². The second-order valence-corrected chi connectivity index (χ2v) is 5.98. The summed E-state index contributed by atoms with van der Waals surface area (Å²) in [5, 5.41) is 12.9. The van der Waals surface area contributed by atoms with Crippen LogP contribution in [0.3, 0.4) is 0 Å². The molecule has 1 N–H and O–H groups in total. The Morgan fingerprint density at radius 1 is 1.12 bits per heavy atom. The molecule has 0 saturated heterocycles. The second kappa shape index (κ2) is 7.89. The fourth-order valence-electron chi connectivity index (χ4n) is 2.62. The lowest BCUT2D eigenvalue weighted by atomic mass is 10.0. The van der Waals surface area contributed by atoms with Crippen molar-refractivity contribution in [2.45, 2.75) is 12.6 Å². The quantitative estimate of drug-likeness (QED) is 0.729. The highest BCUT2D eigenvalue weighted by Gasteiger charge is 2.16. The van der Waals surface area contributed by atoms with E-state index >= 15 is 0 Å². The van der Waals surface area contributed by atoms with Crippen LogP contribution in [0.2, 0.25) is 5.02 Å². The number of benzene rings is 2. The number of hydrogen-bond donors (Lipinski definition) is 1. The van der Waals surface area contributed by atoms with Gasteiger partial charge in [0.25, 0.3) is 0 Å². The van der Waals surface area contributed by atoms with Gasteiger partial charge in [0, 0.05) is 23.3 Å². The van der Waals surface area contributed by atoms with Gasteiger partial charge in [0.15, 0.2) is 0 Å². The maximum Gasteiger partial charge on any atom is 0.127 e. The molecule has 0 aliphatic heterocycles. The van der Waals surface area contributed by atoms with E-state index in [-0.39, 0.29) is 18.4 Å². The maximum absolute atomic E-state index is 14.0. The summed E-state index contributed by atoms with van der Waals surface area (Å²) in [6.45, 7) is 0.259. The van der Waals surface area contributed by atoms with Crippen molar-refractivity contribution in [1.29, 1.82) is 5.26 Å². The highest BCUT2D eigenvalue weighted by Crippen LogP contribution is 2.24. The van der Waals surface area contributed by atoms with Crippen LogP contribution in [0, 0.1) is 17.1 Å². The molecule has 2 aromatic carbocycles. The van der Waals surface area contributed by atoms with Gasteiger partial charge in [-0.2, -0.15) is 5.26 Å². The molecule has 3 rings (SSSR count). The van der Waals surface area contributed by atoms with E-state index in [1.807, 2.05) is 42.5 Å². The lowest BCUT2D eigenvalue weighted by molar-refractivity contribution is 0.554. The molecule has 0 fully saturated rings. The van der Waals surface area contributed by atoms with E-state index in [1.54, 1.807) is 18.3 Å². The number of halogens is 2. The number of rotatable bonds is 5. The fraction of sp³-hybridized carbons (Fsp3) is 0.100. The van der Waals surface area contributed by atoms with Gasteiger partial charge in [-0.15, -0.1) is 0 Å². The molecule has 1 heterocycles. The zero-order chi connectivity index (χ0) is 17.6. The van der Waals surface area contributed by atoms with Crippen LogP contribution in [0.1, 0.15) is 28.4 Å². The molecule has 0 radical (unpaired) electrons. The van der Waals surface area contributed by atoms with Crippen molar-refractivity contribution in [2.75, 3.05) is 0 Å². The molecular weight excluding hydrogens is 337 g/mol. The number of aromatic nitrogens is 1. The van der Waals surface area contributed by atoms with Gasteiger partial charge in [-0.3, -0.25) is 4.98 Å². The minimum atomic E-state index is -0.350. The summed E-state index contributed by atoms with van der Waals surface area (Å²) in [5.74, 6) is -0.350. The van der Waals surface area contributed by atoms with Crippen LogP contribution in [-0.4, -0.2) is 4.98 Å². The minimum Gasteiger partial charge on any atom is -0.301 e. The standard InChI is InChI=1S/C20H15ClFN3/c21-17-5-3-4-15(11-17)20(19-6-1-2-9-24-19)25-13-16-10-14(12-23)7-8-18(16)22/h1-11,20,25H,13H2. The first-order chi connectivity index (χ1) is 12.2. The van der Waals surface area contributed by atoms with E-state index in [0.717, 1.165) is 11.3 Å². The number of nitrogens with zero attached hydrogens (tertiary/aromatic N) is 2. The van der Waals surface area contributed by atoms with E-state index in [0.29, 0.717) is 16.1 Å². The van der Waals surface area contributed by atoms with Crippen molar-refractivity contribution in [2.24, 2.45) is 0 Å². The fourth-order valence-corrected chi connectivity index (χ4v) is 2.82. The maximum atomic E-state index is 14.0. The molecule has 1 aromatic heterocycles. The monoisotopic (exact) mass is 351 g/mol. The van der Waals surface area contributed by atoms with Gasteiger partial charge < -0.3 is 5.32 Å². The summed E-state index contributed by atoms with van der Waals surface area (Å²) in [7, 11) is 0. The molecule has 5 heteroatoms. The third kappa shape index (κ3) is 4.21. The molecule has 0 aliphatic rings. The average molecular weight is 352 g/mol. The van der Waals surface area contributed by atoms with Crippen LogP contribution in [-0.2, 0) is 6.54 Å². The molecule has 0 aliphatic carbocycles. The summed E-state index contributed by atoms with van der Waals surface area (Å²) in [4.78, 5) is 4.40. The van der Waals surface area contributed by atoms with Crippen LogP contribution in [0.15, 0.2) is 66.9 Å². The molecule has 124 valence electrons. The molecule has 0 spiro atoms. The van der Waals surface area contributed by atoms with Gasteiger partial charge in [0.2, 0.25) is 0 Å². The molecule has 0 saturated carbocycles. The summed E-state index contributed by atoms with van der Waals surface area (Å²) in [6, 6.07) is 19.2. The zero-order valence-electron chi connectivity index (χ0n) is 13.3. The minimum absolute atomic E-state index is 0.245. The van der Waals surface area contributed by atoms with Gasteiger partial charge in [-0.1, -0.05) is 29.8 Å². The number of nitriles is 1. The largest absolute Gasteiger partial charge is 0.301 e. The summed E-state index contributed by atoms with van der Waals surface area (Å²) in [5.41, 5.74) is 2.60. The smallest absolute Gasteiger partial charge is 0.127 e. The van der Waals surface area contributed by atoms with Crippen molar-refractivity contribution in [1.82, 2.24) is 10.3 Å². The molecule has 0 bridgehead atoms. The van der Waals surface area contributed by atoms with Crippen LogP contribution in [0.25, 0.3) is 0 Å². The second-order valence-electron chi connectivity index (χ2n) is 5.54. The normalized spacial score (nSPS) is 11.7. The van der Waals surface area contributed by atoms with Crippen molar-refractivity contribution < 1.29 is 4.39 Å². The van der Waals surface area contributed by atoms with Crippen LogP contribution < -0.4 is 5.32 Å². The Morgan fingerprint density at radius 2 is 2.00 bits per heavy atom. The van der Waals surface area contributed by atoms with Crippen molar-refractivity contribution in [3.8, 4) is 6.07 Å². The van der Waals surface area contributed by atoms with Gasteiger partial charge in [-0.05, 0) is 48.0 Å². The molecule has 3 aromatic rings. The van der Waals surface area contributed by atoms with E-state index in [4.69, 9.17) is 16.9 Å². The van der Waals surface area contributed by atoms with Crippen molar-refractivity contribution in [3.63, 3.8) is 0 Å². The topological polar surface area (TPSA) is 48.7 Å². The Hall–Kier alpha value is -2.74. The molecule has 25 heavy (non-hydrogen) atoms. The van der Waals surface area contributed by atoms with Crippen LogP contribution in [0.4, 0.5) is 4.39 Å². The number of pyridine rings is 1. The Labute approximate surface area is 150 Å². The third-order valence-corrected chi connectivity index (χ3v) is 4.07. The number of hydrogen-bond acceptors (Lipinski definition) is 3. The van der Waals surface area contributed by atoms with Gasteiger partial charge >= 0.3 is 0 Å². The summed E-state index contributed by atoms with van der Waals surface area (Å²) >= 11 is 6.11. The van der Waals surface area contributed by atoms with Crippen molar-refractivity contribution >= 4 is 11.6 Å². The summed E-state index contributed by atoms with van der Waals surface area (Å²) in [6.07, 6.45) is 1.71. The Morgan fingerprint density at radius 3 is 2.72 bits per heavy atom. The predicted molar refractivity (Wildman–Crippen MR) is 95.5 cm³/mol. The van der Waals surface area contributed by atoms with Gasteiger partial charge in [-0.25, -0.2) is 4.39 Å². The highest BCUT2D eigenvalue weighted by atomic mass is 35.5. The first-order valence-corrected chi connectivity index (χ1v) is 8.13. The van der Waals surface area contributed by atoms with E-state index in [1.165, 1.54) is 12.1 Å². The van der Waals surface area contributed by atoms with E-state index in [2.05, 4.69) is 10.3 Å². The lowest BCUT2D eigenvalue weighted by Gasteiger charge is -2.19. The molecule has 0 amide bonds. The molecular formula is C20H15ClFN3. The first-order valence-electron chi connectivity index (χ1n) is 7.75.